The van der Waals surface area contributed by atoms with E-state index in [0.29, 0.717) is 12.0 Å². The molecule has 0 aromatic heterocycles. The lowest BCUT2D eigenvalue weighted by Crippen LogP contribution is -2.55. The van der Waals surface area contributed by atoms with Crippen LogP contribution >= 0.6 is 0 Å². The normalized spacial score (nSPS) is 23.3. The van der Waals surface area contributed by atoms with Gasteiger partial charge in [-0.05, 0) is 40.7 Å². The first kappa shape index (κ1) is 19.7. The van der Waals surface area contributed by atoms with Crippen LogP contribution in [0.3, 0.4) is 0 Å². The van der Waals surface area contributed by atoms with Crippen molar-refractivity contribution in [3.05, 3.63) is 23.0 Å². The Labute approximate surface area is 150 Å². The molecule has 0 spiro atoms. The summed E-state index contributed by atoms with van der Waals surface area (Å²) in [6.45, 7) is 11.7. The summed E-state index contributed by atoms with van der Waals surface area (Å²) in [5, 5.41) is 3.36. The van der Waals surface area contributed by atoms with Crippen LogP contribution in [-0.2, 0) is 9.53 Å². The Kier molecular flexibility index (Phi) is 6.42. The van der Waals surface area contributed by atoms with Crippen LogP contribution in [0.15, 0.2) is 23.0 Å². The van der Waals surface area contributed by atoms with Crippen molar-refractivity contribution >= 4 is 5.97 Å². The van der Waals surface area contributed by atoms with E-state index in [1.165, 1.54) is 6.08 Å². The molecule has 1 N–H and O–H groups in total. The van der Waals surface area contributed by atoms with E-state index >= 15 is 0 Å². The number of nitrogens with zero attached hydrogens (tertiary/aromatic N) is 1. The molecule has 2 atom stereocenters. The molecule has 1 fully saturated rings. The van der Waals surface area contributed by atoms with Gasteiger partial charge < -0.3 is 10.1 Å². The molecular formula is C20H29FN2O2. The van der Waals surface area contributed by atoms with Crippen LogP contribution < -0.4 is 5.32 Å². The minimum atomic E-state index is -0.576. The summed E-state index contributed by atoms with van der Waals surface area (Å²) in [7, 11) is 0. The molecule has 0 aromatic rings. The topological polar surface area (TPSA) is 41.6 Å². The summed E-state index contributed by atoms with van der Waals surface area (Å²) < 4.78 is 20.1. The zero-order valence-corrected chi connectivity index (χ0v) is 15.9. The number of piperazine rings is 1. The fourth-order valence-corrected chi connectivity index (χ4v) is 3.02. The van der Waals surface area contributed by atoms with Crippen LogP contribution in [0.2, 0.25) is 0 Å². The second-order valence-electron chi connectivity index (χ2n) is 7.90. The van der Waals surface area contributed by atoms with Crippen molar-refractivity contribution in [2.24, 2.45) is 0 Å². The second kappa shape index (κ2) is 8.16. The molecular weight excluding hydrogens is 319 g/mol. The Morgan fingerprint density at radius 1 is 1.52 bits per heavy atom. The summed E-state index contributed by atoms with van der Waals surface area (Å²) in [6.07, 6.45) is 2.30. The fraction of sp³-hybridized carbons (Fsp3) is 0.650. The van der Waals surface area contributed by atoms with Crippen LogP contribution in [0, 0.1) is 11.8 Å². The number of rotatable bonds is 4. The van der Waals surface area contributed by atoms with E-state index in [0.717, 1.165) is 25.2 Å². The van der Waals surface area contributed by atoms with E-state index in [1.807, 2.05) is 27.7 Å². The minimum absolute atomic E-state index is 0.240. The van der Waals surface area contributed by atoms with Crippen molar-refractivity contribution in [3.63, 3.8) is 0 Å². The molecule has 1 saturated heterocycles. The standard InChI is InChI=1S/C20H29FN2O2/c1-14-7-6-8-16(17(21)11-14)12-18(19(24)25-20(3,4)5)23-10-9-22-15(2)13-23/h11,15,18,22H,7,9-10,12-13H2,1-5H3/t15-,18-/m0/s1. The molecule has 4 nitrogen and oxygen atoms in total. The number of hydrogen-bond acceptors (Lipinski definition) is 4. The van der Waals surface area contributed by atoms with Gasteiger partial charge >= 0.3 is 5.97 Å². The van der Waals surface area contributed by atoms with E-state index in [4.69, 9.17) is 4.74 Å². The summed E-state index contributed by atoms with van der Waals surface area (Å²) in [4.78, 5) is 14.9. The Hall–Kier alpha value is -1.64. The molecule has 0 bridgehead atoms. The van der Waals surface area contributed by atoms with Gasteiger partial charge in [-0.15, -0.1) is 0 Å². The molecule has 0 unspecified atom stereocenters. The number of allylic oxidation sites excluding steroid dienone is 3. The summed E-state index contributed by atoms with van der Waals surface area (Å²) in [5.74, 6) is 5.25. The highest BCUT2D eigenvalue weighted by Gasteiger charge is 2.33. The smallest absolute Gasteiger partial charge is 0.324 e. The summed E-state index contributed by atoms with van der Waals surface area (Å²) in [5.41, 5.74) is 0.705. The molecule has 0 radical (unpaired) electrons. The number of hydrogen-bond donors (Lipinski definition) is 1. The Morgan fingerprint density at radius 2 is 2.24 bits per heavy atom. The molecule has 25 heavy (non-hydrogen) atoms. The van der Waals surface area contributed by atoms with Crippen LogP contribution in [0.1, 0.15) is 47.5 Å². The first-order valence-electron chi connectivity index (χ1n) is 8.90. The summed E-state index contributed by atoms with van der Waals surface area (Å²) >= 11 is 0. The van der Waals surface area contributed by atoms with Gasteiger partial charge in [-0.25, -0.2) is 4.39 Å². The van der Waals surface area contributed by atoms with E-state index in [-0.39, 0.29) is 24.3 Å². The molecule has 2 rings (SSSR count). The van der Waals surface area contributed by atoms with Gasteiger partial charge in [0.2, 0.25) is 0 Å². The zero-order chi connectivity index (χ0) is 18.6. The maximum atomic E-state index is 14.5. The lowest BCUT2D eigenvalue weighted by Gasteiger charge is -2.37. The highest BCUT2D eigenvalue weighted by atomic mass is 19.1. The average Bonchev–Trinajstić information content (AvgIpc) is 2.63. The molecule has 0 saturated carbocycles. The molecule has 1 aliphatic heterocycles. The third-order valence-electron chi connectivity index (χ3n) is 4.19. The maximum absolute atomic E-state index is 14.5. The minimum Gasteiger partial charge on any atom is -0.459 e. The monoisotopic (exact) mass is 348 g/mol. The van der Waals surface area contributed by atoms with Crippen molar-refractivity contribution in [1.29, 1.82) is 0 Å². The first-order valence-corrected chi connectivity index (χ1v) is 8.90. The van der Waals surface area contributed by atoms with Crippen molar-refractivity contribution in [1.82, 2.24) is 10.2 Å². The van der Waals surface area contributed by atoms with E-state index in [9.17, 15) is 9.18 Å². The van der Waals surface area contributed by atoms with Gasteiger partial charge in [0.15, 0.2) is 0 Å². The number of carbonyl (C=O) groups is 1. The van der Waals surface area contributed by atoms with Crippen molar-refractivity contribution in [2.75, 3.05) is 19.6 Å². The third-order valence-corrected chi connectivity index (χ3v) is 4.19. The molecule has 2 aliphatic rings. The predicted molar refractivity (Wildman–Crippen MR) is 97.6 cm³/mol. The third kappa shape index (κ3) is 5.98. The van der Waals surface area contributed by atoms with Crippen molar-refractivity contribution < 1.29 is 13.9 Å². The molecule has 1 heterocycles. The highest BCUT2D eigenvalue weighted by Crippen LogP contribution is 2.23. The van der Waals surface area contributed by atoms with Crippen LogP contribution in [0.4, 0.5) is 4.39 Å². The summed E-state index contributed by atoms with van der Waals surface area (Å²) in [6, 6.07) is -0.245. The molecule has 5 heteroatoms. The van der Waals surface area contributed by atoms with Crippen LogP contribution in [0.5, 0.6) is 0 Å². The van der Waals surface area contributed by atoms with Gasteiger partial charge in [-0.1, -0.05) is 17.4 Å². The largest absolute Gasteiger partial charge is 0.459 e. The van der Waals surface area contributed by atoms with E-state index < -0.39 is 11.6 Å². The number of carbonyl (C=O) groups excluding carboxylic acids is 1. The lowest BCUT2D eigenvalue weighted by atomic mass is 10.0. The van der Waals surface area contributed by atoms with Crippen molar-refractivity contribution in [2.45, 2.75) is 65.1 Å². The van der Waals surface area contributed by atoms with Gasteiger partial charge in [0, 0.05) is 44.1 Å². The predicted octanol–water partition coefficient (Wildman–Crippen LogP) is 2.96. The first-order chi connectivity index (χ1) is 11.7. The quantitative estimate of drug-likeness (QED) is 0.626. The van der Waals surface area contributed by atoms with Crippen LogP contribution in [-0.4, -0.2) is 48.2 Å². The van der Waals surface area contributed by atoms with Gasteiger partial charge in [0.05, 0.1) is 0 Å². The zero-order valence-electron chi connectivity index (χ0n) is 15.9. The fourth-order valence-electron chi connectivity index (χ4n) is 3.02. The molecule has 1 aliphatic carbocycles. The van der Waals surface area contributed by atoms with Gasteiger partial charge in [0.1, 0.15) is 17.5 Å². The van der Waals surface area contributed by atoms with Gasteiger partial charge in [-0.3, -0.25) is 9.69 Å². The van der Waals surface area contributed by atoms with Crippen LogP contribution in [0.25, 0.3) is 0 Å². The Bertz CT molecular complexity index is 634. The van der Waals surface area contributed by atoms with E-state index in [2.05, 4.69) is 29.0 Å². The molecule has 0 aromatic carbocycles. The number of halogens is 1. The van der Waals surface area contributed by atoms with Crippen molar-refractivity contribution in [3.8, 4) is 11.8 Å². The number of esters is 1. The average molecular weight is 348 g/mol. The maximum Gasteiger partial charge on any atom is 0.324 e. The molecule has 0 amide bonds. The number of ether oxygens (including phenoxy) is 1. The highest BCUT2D eigenvalue weighted by molar-refractivity contribution is 5.77. The lowest BCUT2D eigenvalue weighted by molar-refractivity contribution is -0.161. The SMILES string of the molecule is CC1=CC(F)=C(C[C@@H](C(=O)OC(C)(C)C)N2CCN[C@@H](C)C2)C#CC1. The number of nitrogens with one attached hydrogen (secondary N) is 1. The van der Waals surface area contributed by atoms with E-state index in [1.54, 1.807) is 0 Å². The van der Waals surface area contributed by atoms with Gasteiger partial charge in [0.25, 0.3) is 0 Å². The Morgan fingerprint density at radius 3 is 2.88 bits per heavy atom. The molecule has 138 valence electrons. The Balaban J connectivity index is 2.26. The van der Waals surface area contributed by atoms with Gasteiger partial charge in [-0.2, -0.15) is 0 Å². The second-order valence-corrected chi connectivity index (χ2v) is 7.90.